The molecule has 0 spiro atoms. The van der Waals surface area contributed by atoms with E-state index in [4.69, 9.17) is 28.9 Å². The number of hydrogen-bond donors (Lipinski definition) is 1. The molecule has 4 nitrogen and oxygen atoms in total. The molecule has 21 heavy (non-hydrogen) atoms. The van der Waals surface area contributed by atoms with E-state index in [2.05, 4.69) is 0 Å². The van der Waals surface area contributed by atoms with Crippen molar-refractivity contribution in [3.8, 4) is 0 Å². The van der Waals surface area contributed by atoms with E-state index in [1.807, 2.05) is 13.8 Å². The Labute approximate surface area is 136 Å². The van der Waals surface area contributed by atoms with Gasteiger partial charge in [0.1, 0.15) is 4.90 Å². The van der Waals surface area contributed by atoms with Gasteiger partial charge in [0.15, 0.2) is 0 Å². The normalized spacial score (nSPS) is 16.0. The van der Waals surface area contributed by atoms with E-state index in [0.29, 0.717) is 23.0 Å². The average molecular weight is 351 g/mol. The predicted molar refractivity (Wildman–Crippen MR) is 86.1 cm³/mol. The van der Waals surface area contributed by atoms with Crippen molar-refractivity contribution in [1.82, 2.24) is 4.31 Å². The van der Waals surface area contributed by atoms with Gasteiger partial charge in [-0.05, 0) is 50.3 Å². The molecule has 0 radical (unpaired) electrons. The first-order valence-corrected chi connectivity index (χ1v) is 9.16. The number of rotatable bonds is 6. The van der Waals surface area contributed by atoms with Crippen LogP contribution in [0.5, 0.6) is 0 Å². The highest BCUT2D eigenvalue weighted by Gasteiger charge is 2.35. The van der Waals surface area contributed by atoms with E-state index in [9.17, 15) is 8.42 Å². The standard InChI is InChI=1S/C14H20Cl2N2O2S/c1-9(2)18(8-10-3-4-10)21(19,20)13-6-12(15)5-11(7-17)14(13)16/h5-6,9-10H,3-4,7-8,17H2,1-2H3. The average Bonchev–Trinajstić information content (AvgIpc) is 3.21. The maximum absolute atomic E-state index is 12.9. The molecule has 2 rings (SSSR count). The minimum Gasteiger partial charge on any atom is -0.326 e. The summed E-state index contributed by atoms with van der Waals surface area (Å²) in [5.41, 5.74) is 6.15. The monoisotopic (exact) mass is 350 g/mol. The molecular formula is C14H20Cl2N2O2S. The van der Waals surface area contributed by atoms with Crippen LogP contribution in [0.3, 0.4) is 0 Å². The zero-order valence-electron chi connectivity index (χ0n) is 12.1. The second kappa shape index (κ2) is 6.42. The maximum atomic E-state index is 12.9. The molecule has 118 valence electrons. The number of nitrogens with two attached hydrogens (primary N) is 1. The second-order valence-electron chi connectivity index (χ2n) is 5.69. The van der Waals surface area contributed by atoms with Crippen LogP contribution in [0.15, 0.2) is 17.0 Å². The molecule has 1 aromatic rings. The number of nitrogens with zero attached hydrogens (tertiary/aromatic N) is 1. The first kappa shape index (κ1) is 17.0. The van der Waals surface area contributed by atoms with E-state index < -0.39 is 10.0 Å². The quantitative estimate of drug-likeness (QED) is 0.856. The van der Waals surface area contributed by atoms with E-state index in [0.717, 1.165) is 12.8 Å². The zero-order chi connectivity index (χ0) is 15.8. The Morgan fingerprint density at radius 3 is 2.43 bits per heavy atom. The van der Waals surface area contributed by atoms with Gasteiger partial charge in [-0.15, -0.1) is 0 Å². The van der Waals surface area contributed by atoms with Crippen molar-refractivity contribution in [2.45, 2.75) is 44.2 Å². The number of benzene rings is 1. The molecule has 1 aliphatic carbocycles. The van der Waals surface area contributed by atoms with Gasteiger partial charge in [0, 0.05) is 24.2 Å². The fourth-order valence-electron chi connectivity index (χ4n) is 2.22. The molecule has 0 atom stereocenters. The topological polar surface area (TPSA) is 63.4 Å². The lowest BCUT2D eigenvalue weighted by molar-refractivity contribution is 0.341. The lowest BCUT2D eigenvalue weighted by Gasteiger charge is -2.26. The third-order valence-electron chi connectivity index (χ3n) is 3.60. The molecular weight excluding hydrogens is 331 g/mol. The van der Waals surface area contributed by atoms with Crippen LogP contribution in [0.25, 0.3) is 0 Å². The Balaban J connectivity index is 2.48. The van der Waals surface area contributed by atoms with Gasteiger partial charge in [-0.1, -0.05) is 23.2 Å². The molecule has 2 N–H and O–H groups in total. The second-order valence-corrected chi connectivity index (χ2v) is 8.37. The van der Waals surface area contributed by atoms with Crippen molar-refractivity contribution < 1.29 is 8.42 Å². The van der Waals surface area contributed by atoms with Crippen molar-refractivity contribution in [2.24, 2.45) is 11.7 Å². The summed E-state index contributed by atoms with van der Waals surface area (Å²) in [6.45, 7) is 4.40. The van der Waals surface area contributed by atoms with E-state index >= 15 is 0 Å². The third kappa shape index (κ3) is 3.71. The van der Waals surface area contributed by atoms with Crippen LogP contribution in [0, 0.1) is 5.92 Å². The summed E-state index contributed by atoms with van der Waals surface area (Å²) in [6.07, 6.45) is 2.16. The molecule has 0 saturated heterocycles. The van der Waals surface area contributed by atoms with Gasteiger partial charge in [0.25, 0.3) is 0 Å². The summed E-state index contributed by atoms with van der Waals surface area (Å²) in [7, 11) is -3.68. The molecule has 1 saturated carbocycles. The highest BCUT2D eigenvalue weighted by atomic mass is 35.5. The maximum Gasteiger partial charge on any atom is 0.244 e. The van der Waals surface area contributed by atoms with Gasteiger partial charge in [-0.25, -0.2) is 8.42 Å². The van der Waals surface area contributed by atoms with Crippen LogP contribution in [0.4, 0.5) is 0 Å². The minimum absolute atomic E-state index is 0.0477. The lowest BCUT2D eigenvalue weighted by atomic mass is 10.2. The van der Waals surface area contributed by atoms with Gasteiger partial charge in [-0.2, -0.15) is 4.31 Å². The minimum atomic E-state index is -3.68. The van der Waals surface area contributed by atoms with Gasteiger partial charge in [-0.3, -0.25) is 0 Å². The summed E-state index contributed by atoms with van der Waals surface area (Å²) in [5, 5.41) is 0.497. The van der Waals surface area contributed by atoms with Crippen LogP contribution in [0.2, 0.25) is 10.0 Å². The Bertz CT molecular complexity index is 628. The Kier molecular flexibility index (Phi) is 5.21. The van der Waals surface area contributed by atoms with Crippen LogP contribution >= 0.6 is 23.2 Å². The molecule has 0 heterocycles. The predicted octanol–water partition coefficient (Wildman–Crippen LogP) is 3.26. The number of hydrogen-bond acceptors (Lipinski definition) is 3. The highest BCUT2D eigenvalue weighted by molar-refractivity contribution is 7.89. The van der Waals surface area contributed by atoms with Crippen LogP contribution in [-0.4, -0.2) is 25.3 Å². The Hall–Kier alpha value is -0.330. The zero-order valence-corrected chi connectivity index (χ0v) is 14.5. The van der Waals surface area contributed by atoms with E-state index in [1.54, 1.807) is 6.07 Å². The molecule has 0 unspecified atom stereocenters. The molecule has 1 aromatic carbocycles. The fraction of sp³-hybridized carbons (Fsp3) is 0.571. The molecule has 1 fully saturated rings. The molecule has 0 aromatic heterocycles. The molecule has 7 heteroatoms. The third-order valence-corrected chi connectivity index (χ3v) is 6.44. The summed E-state index contributed by atoms with van der Waals surface area (Å²) >= 11 is 12.2. The smallest absolute Gasteiger partial charge is 0.244 e. The Morgan fingerprint density at radius 1 is 1.33 bits per heavy atom. The van der Waals surface area contributed by atoms with Gasteiger partial charge in [0.2, 0.25) is 10.0 Å². The van der Waals surface area contributed by atoms with Crippen LogP contribution < -0.4 is 5.73 Å². The Morgan fingerprint density at radius 2 is 1.95 bits per heavy atom. The molecule has 1 aliphatic rings. The number of sulfonamides is 1. The highest BCUT2D eigenvalue weighted by Crippen LogP contribution is 2.35. The summed E-state index contributed by atoms with van der Waals surface area (Å²) in [4.78, 5) is 0.0477. The van der Waals surface area contributed by atoms with Gasteiger partial charge >= 0.3 is 0 Å². The first-order valence-electron chi connectivity index (χ1n) is 6.97. The SMILES string of the molecule is CC(C)N(CC1CC1)S(=O)(=O)c1cc(Cl)cc(CN)c1Cl. The summed E-state index contributed by atoms with van der Waals surface area (Å²) in [5.74, 6) is 0.453. The fourth-order valence-corrected chi connectivity index (χ4v) is 4.85. The summed E-state index contributed by atoms with van der Waals surface area (Å²) in [6, 6.07) is 2.87. The van der Waals surface area contributed by atoms with Gasteiger partial charge in [0.05, 0.1) is 5.02 Å². The molecule has 0 amide bonds. The van der Waals surface area contributed by atoms with E-state index in [1.165, 1.54) is 10.4 Å². The first-order chi connectivity index (χ1) is 9.77. The summed E-state index contributed by atoms with van der Waals surface area (Å²) < 4.78 is 27.3. The van der Waals surface area contributed by atoms with Crippen molar-refractivity contribution >= 4 is 33.2 Å². The number of halogens is 2. The van der Waals surface area contributed by atoms with Crippen molar-refractivity contribution in [3.05, 3.63) is 27.7 Å². The largest absolute Gasteiger partial charge is 0.326 e. The van der Waals surface area contributed by atoms with Crippen LogP contribution in [0.1, 0.15) is 32.3 Å². The molecule has 0 aliphatic heterocycles. The molecule has 0 bridgehead atoms. The van der Waals surface area contributed by atoms with Crippen molar-refractivity contribution in [2.75, 3.05) is 6.54 Å². The lowest BCUT2D eigenvalue weighted by Crippen LogP contribution is -2.38. The van der Waals surface area contributed by atoms with E-state index in [-0.39, 0.29) is 22.5 Å². The van der Waals surface area contributed by atoms with Gasteiger partial charge < -0.3 is 5.73 Å². The van der Waals surface area contributed by atoms with Crippen molar-refractivity contribution in [1.29, 1.82) is 0 Å². The van der Waals surface area contributed by atoms with Crippen LogP contribution in [-0.2, 0) is 16.6 Å². The van der Waals surface area contributed by atoms with Crippen molar-refractivity contribution in [3.63, 3.8) is 0 Å².